The maximum Gasteiger partial charge on any atom is 0.221 e. The molecule has 0 fully saturated rings. The Morgan fingerprint density at radius 3 is 2.69 bits per heavy atom. The highest BCUT2D eigenvalue weighted by Gasteiger charge is 2.20. The van der Waals surface area contributed by atoms with Gasteiger partial charge in [0, 0.05) is 25.6 Å². The number of nitrogens with one attached hydrogen (secondary N) is 2. The lowest BCUT2D eigenvalue weighted by Gasteiger charge is -2.18. The minimum absolute atomic E-state index is 0. The number of hydrogen-bond acceptors (Lipinski definition) is 6. The Hall–Kier alpha value is -1.77. The quantitative estimate of drug-likeness (QED) is 0.691. The number of sulfone groups is 1. The van der Waals surface area contributed by atoms with Crippen LogP contribution >= 0.6 is 12.4 Å². The topological polar surface area (TPSA) is 93.7 Å². The van der Waals surface area contributed by atoms with Gasteiger partial charge >= 0.3 is 0 Å². The van der Waals surface area contributed by atoms with Crippen molar-refractivity contribution in [2.75, 3.05) is 38.6 Å². The van der Waals surface area contributed by atoms with E-state index in [1.54, 1.807) is 6.07 Å². The molecule has 3 rings (SSSR count). The third-order valence-electron chi connectivity index (χ3n) is 4.14. The summed E-state index contributed by atoms with van der Waals surface area (Å²) in [6.45, 7) is 3.03. The number of benzene rings is 1. The maximum atomic E-state index is 12.4. The van der Waals surface area contributed by atoms with Crippen molar-refractivity contribution in [3.8, 4) is 11.5 Å². The molecule has 0 radical (unpaired) electrons. The van der Waals surface area contributed by atoms with E-state index in [9.17, 15) is 13.2 Å². The van der Waals surface area contributed by atoms with Crippen LogP contribution < -0.4 is 20.1 Å². The molecule has 0 saturated carbocycles. The molecule has 144 valence electrons. The highest BCUT2D eigenvalue weighted by atomic mass is 35.5. The highest BCUT2D eigenvalue weighted by Crippen LogP contribution is 2.32. The second kappa shape index (κ2) is 9.25. The van der Waals surface area contributed by atoms with Gasteiger partial charge in [0.2, 0.25) is 5.91 Å². The van der Waals surface area contributed by atoms with Gasteiger partial charge in [-0.3, -0.25) is 4.79 Å². The first-order chi connectivity index (χ1) is 12.0. The average Bonchev–Trinajstić information content (AvgIpc) is 2.65. The Kier molecular flexibility index (Phi) is 7.31. The van der Waals surface area contributed by atoms with E-state index in [4.69, 9.17) is 9.47 Å². The first kappa shape index (κ1) is 20.5. The van der Waals surface area contributed by atoms with E-state index in [1.807, 2.05) is 0 Å². The van der Waals surface area contributed by atoms with Crippen molar-refractivity contribution >= 4 is 28.2 Å². The van der Waals surface area contributed by atoms with E-state index in [0.717, 1.165) is 19.5 Å². The molecule has 2 heterocycles. The van der Waals surface area contributed by atoms with Crippen LogP contribution in [0.2, 0.25) is 0 Å². The monoisotopic (exact) mass is 402 g/mol. The number of amides is 1. The summed E-state index contributed by atoms with van der Waals surface area (Å²) in [6.07, 6.45) is 2.88. The van der Waals surface area contributed by atoms with Crippen molar-refractivity contribution in [1.82, 2.24) is 10.6 Å². The van der Waals surface area contributed by atoms with Gasteiger partial charge < -0.3 is 20.1 Å². The zero-order valence-electron chi connectivity index (χ0n) is 14.3. The smallest absolute Gasteiger partial charge is 0.221 e. The molecule has 2 aliphatic rings. The molecule has 0 aliphatic carbocycles. The molecule has 0 bridgehead atoms. The van der Waals surface area contributed by atoms with Crippen LogP contribution in [0.3, 0.4) is 0 Å². The van der Waals surface area contributed by atoms with Crippen molar-refractivity contribution in [2.24, 2.45) is 0 Å². The lowest BCUT2D eigenvalue weighted by atomic mass is 10.1. The predicted octanol–water partition coefficient (Wildman–Crippen LogP) is 1.08. The molecule has 1 aromatic rings. The first-order valence-electron chi connectivity index (χ1n) is 8.32. The van der Waals surface area contributed by atoms with Crippen LogP contribution in [0.4, 0.5) is 0 Å². The Labute approximate surface area is 159 Å². The lowest BCUT2D eigenvalue weighted by Crippen LogP contribution is -2.30. The molecule has 9 heteroatoms. The zero-order valence-corrected chi connectivity index (χ0v) is 16.0. The molecule has 1 aromatic carbocycles. The predicted molar refractivity (Wildman–Crippen MR) is 99.9 cm³/mol. The van der Waals surface area contributed by atoms with E-state index < -0.39 is 9.84 Å². The minimum Gasteiger partial charge on any atom is -0.486 e. The summed E-state index contributed by atoms with van der Waals surface area (Å²) in [5.41, 5.74) is 1.17. The Bertz CT molecular complexity index is 779. The van der Waals surface area contributed by atoms with Crippen molar-refractivity contribution < 1.29 is 22.7 Å². The SMILES string of the molecule is Cl.O=C(CCS(=O)(=O)c1ccc2c(c1)OCCO2)NCC1=CCNCC1. The third kappa shape index (κ3) is 5.36. The Morgan fingerprint density at radius 1 is 1.19 bits per heavy atom. The number of fused-ring (bicyclic) bond motifs is 1. The van der Waals surface area contributed by atoms with Gasteiger partial charge in [-0.1, -0.05) is 11.6 Å². The van der Waals surface area contributed by atoms with Crippen molar-refractivity contribution in [3.05, 3.63) is 29.8 Å². The fourth-order valence-corrected chi connectivity index (χ4v) is 3.94. The van der Waals surface area contributed by atoms with Crippen molar-refractivity contribution in [1.29, 1.82) is 0 Å². The van der Waals surface area contributed by atoms with E-state index in [1.165, 1.54) is 17.7 Å². The van der Waals surface area contributed by atoms with Crippen molar-refractivity contribution in [2.45, 2.75) is 17.7 Å². The third-order valence-corrected chi connectivity index (χ3v) is 5.85. The van der Waals surface area contributed by atoms with Crippen LogP contribution in [0.1, 0.15) is 12.8 Å². The highest BCUT2D eigenvalue weighted by molar-refractivity contribution is 7.91. The molecule has 0 atom stereocenters. The molecular formula is C17H23ClN2O5S. The maximum absolute atomic E-state index is 12.4. The van der Waals surface area contributed by atoms with Crippen LogP contribution in [-0.4, -0.2) is 52.9 Å². The second-order valence-corrected chi connectivity index (χ2v) is 8.08. The number of carbonyl (C=O) groups excluding carboxylic acids is 1. The van der Waals surface area contributed by atoms with Crippen LogP contribution in [0.15, 0.2) is 34.7 Å². The second-order valence-electron chi connectivity index (χ2n) is 5.97. The molecule has 2 N–H and O–H groups in total. The number of halogens is 1. The van der Waals surface area contributed by atoms with Gasteiger partial charge in [-0.2, -0.15) is 0 Å². The summed E-state index contributed by atoms with van der Waals surface area (Å²) in [6, 6.07) is 4.53. The molecular weight excluding hydrogens is 380 g/mol. The Balaban J connectivity index is 0.00000243. The summed E-state index contributed by atoms with van der Waals surface area (Å²) in [5.74, 6) is 0.465. The first-order valence-corrected chi connectivity index (χ1v) is 9.97. The normalized spacial score (nSPS) is 16.2. The average molecular weight is 403 g/mol. The van der Waals surface area contributed by atoms with E-state index >= 15 is 0 Å². The van der Waals surface area contributed by atoms with Gasteiger partial charge in [0.05, 0.1) is 10.6 Å². The fraction of sp³-hybridized carbons (Fsp3) is 0.471. The summed E-state index contributed by atoms with van der Waals surface area (Å²) < 4.78 is 35.7. The van der Waals surface area contributed by atoms with E-state index in [-0.39, 0.29) is 35.4 Å². The summed E-state index contributed by atoms with van der Waals surface area (Å²) in [4.78, 5) is 12.1. The standard InChI is InChI=1S/C17H22N2O5S.ClH/c20-17(19-12-13-3-6-18-7-4-13)5-10-25(21,22)14-1-2-15-16(11-14)24-9-8-23-15;/h1-3,11,18H,4-10,12H2,(H,19,20);1H. The number of carbonyl (C=O) groups is 1. The molecule has 0 aromatic heterocycles. The molecule has 0 saturated heterocycles. The van der Waals surface area contributed by atoms with Gasteiger partial charge in [0.25, 0.3) is 0 Å². The van der Waals surface area contributed by atoms with Crippen LogP contribution in [-0.2, 0) is 14.6 Å². The van der Waals surface area contributed by atoms with Crippen LogP contribution in [0.5, 0.6) is 11.5 Å². The lowest BCUT2D eigenvalue weighted by molar-refractivity contribution is -0.120. The van der Waals surface area contributed by atoms with Crippen LogP contribution in [0, 0.1) is 0 Å². The summed E-state index contributed by atoms with van der Waals surface area (Å²) in [7, 11) is -3.55. The van der Waals surface area contributed by atoms with Gasteiger partial charge in [-0.15, -0.1) is 12.4 Å². The number of ether oxygens (including phenoxy) is 2. The molecule has 1 amide bonds. The van der Waals surface area contributed by atoms with Gasteiger partial charge in [-0.25, -0.2) is 8.42 Å². The van der Waals surface area contributed by atoms with Gasteiger partial charge in [-0.05, 0) is 25.1 Å². The number of hydrogen-bond donors (Lipinski definition) is 2. The van der Waals surface area contributed by atoms with E-state index in [2.05, 4.69) is 16.7 Å². The molecule has 0 unspecified atom stereocenters. The number of rotatable bonds is 6. The fourth-order valence-electron chi connectivity index (χ4n) is 2.69. The summed E-state index contributed by atoms with van der Waals surface area (Å²) in [5, 5.41) is 5.98. The molecule has 2 aliphatic heterocycles. The molecule has 26 heavy (non-hydrogen) atoms. The zero-order chi connectivity index (χ0) is 17.7. The van der Waals surface area contributed by atoms with Crippen LogP contribution in [0.25, 0.3) is 0 Å². The van der Waals surface area contributed by atoms with Gasteiger partial charge in [0.15, 0.2) is 21.3 Å². The molecule has 7 nitrogen and oxygen atoms in total. The minimum atomic E-state index is -3.55. The van der Waals surface area contributed by atoms with E-state index in [0.29, 0.717) is 31.3 Å². The van der Waals surface area contributed by atoms with Gasteiger partial charge in [0.1, 0.15) is 13.2 Å². The largest absolute Gasteiger partial charge is 0.486 e. The van der Waals surface area contributed by atoms with Crippen molar-refractivity contribution in [3.63, 3.8) is 0 Å². The molecule has 0 spiro atoms. The summed E-state index contributed by atoms with van der Waals surface area (Å²) >= 11 is 0. The Morgan fingerprint density at radius 2 is 1.96 bits per heavy atom.